The fraction of sp³-hybridized carbons (Fsp3) is 0.263. The van der Waals surface area contributed by atoms with Gasteiger partial charge >= 0.3 is 10.1 Å². The minimum Gasteiger partial charge on any atom is -0.322 e. The molecular weight excluding hydrogens is 485 g/mol. The van der Waals surface area contributed by atoms with Crippen molar-refractivity contribution in [2.24, 2.45) is 0 Å². The number of nitriles is 1. The highest BCUT2D eigenvalue weighted by molar-refractivity contribution is 7.86. The van der Waals surface area contributed by atoms with Crippen molar-refractivity contribution < 1.29 is 30.9 Å². The first-order valence-corrected chi connectivity index (χ1v) is 12.1. The van der Waals surface area contributed by atoms with Crippen molar-refractivity contribution in [2.75, 3.05) is 9.80 Å². The van der Waals surface area contributed by atoms with Gasteiger partial charge in [0.05, 0.1) is 22.0 Å². The Morgan fingerprint density at radius 3 is 2.34 bits per heavy atom. The highest BCUT2D eigenvalue weighted by Gasteiger charge is 2.58. The molecule has 0 aromatic heterocycles. The zero-order valence-corrected chi connectivity index (χ0v) is 19.1. The minimum absolute atomic E-state index is 0.161. The molecular formula is C19H17ClFN3O6S2. The molecule has 2 aromatic carbocycles. The summed E-state index contributed by atoms with van der Waals surface area (Å²) >= 11 is 3.77. The molecule has 0 bridgehead atoms. The van der Waals surface area contributed by atoms with Crippen molar-refractivity contribution in [2.45, 2.75) is 30.6 Å². The fourth-order valence-corrected chi connectivity index (χ4v) is 5.35. The number of hydrogen-bond acceptors (Lipinski definition) is 6. The Labute approximate surface area is 191 Å². The van der Waals surface area contributed by atoms with Crippen LogP contribution in [0.15, 0.2) is 36.4 Å². The predicted molar refractivity (Wildman–Crippen MR) is 116 cm³/mol. The van der Waals surface area contributed by atoms with E-state index in [2.05, 4.69) is 0 Å². The molecule has 2 atom stereocenters. The van der Waals surface area contributed by atoms with Crippen LogP contribution in [-0.4, -0.2) is 38.7 Å². The molecule has 1 heterocycles. The molecule has 0 saturated carbocycles. The SMILES string of the molecule is CC1(C)C(=O)N(c2ccc(C#N)c(Cl)c2F)C(S(=O)(=O)O)N1c1ccc(CS(=O)O)cc1. The van der Waals surface area contributed by atoms with E-state index in [4.69, 9.17) is 21.4 Å². The average molecular weight is 502 g/mol. The van der Waals surface area contributed by atoms with Crippen LogP contribution in [0.1, 0.15) is 25.0 Å². The topological polar surface area (TPSA) is 139 Å². The second-order valence-corrected chi connectivity index (χ2v) is 10.2. The number of amides is 1. The van der Waals surface area contributed by atoms with Crippen molar-refractivity contribution >= 4 is 50.1 Å². The van der Waals surface area contributed by atoms with E-state index in [1.165, 1.54) is 38.1 Å². The average Bonchev–Trinajstić information content (AvgIpc) is 2.91. The molecule has 0 radical (unpaired) electrons. The largest absolute Gasteiger partial charge is 0.322 e. The zero-order chi connectivity index (χ0) is 24.0. The zero-order valence-electron chi connectivity index (χ0n) is 16.7. The van der Waals surface area contributed by atoms with Crippen LogP contribution in [0.25, 0.3) is 0 Å². The second kappa shape index (κ2) is 8.42. The summed E-state index contributed by atoms with van der Waals surface area (Å²) < 4.78 is 69.8. The van der Waals surface area contributed by atoms with Crippen LogP contribution in [-0.2, 0) is 31.7 Å². The predicted octanol–water partition coefficient (Wildman–Crippen LogP) is 2.88. The van der Waals surface area contributed by atoms with E-state index in [9.17, 15) is 26.4 Å². The number of carbonyl (C=O) groups excluding carboxylic acids is 1. The Kier molecular flexibility index (Phi) is 6.34. The van der Waals surface area contributed by atoms with Gasteiger partial charge in [-0.2, -0.15) is 13.7 Å². The van der Waals surface area contributed by atoms with Gasteiger partial charge in [-0.15, -0.1) is 0 Å². The normalized spacial score (nSPS) is 19.2. The summed E-state index contributed by atoms with van der Waals surface area (Å²) in [7, 11) is -5.01. The van der Waals surface area contributed by atoms with E-state index in [0.717, 1.165) is 17.0 Å². The summed E-state index contributed by atoms with van der Waals surface area (Å²) in [5, 5.41) is 8.43. The molecule has 0 spiro atoms. The lowest BCUT2D eigenvalue weighted by atomic mass is 10.0. The Hall–Kier alpha value is -2.56. The third-order valence-corrected chi connectivity index (χ3v) is 6.90. The number of anilines is 2. The molecule has 170 valence electrons. The molecule has 9 nitrogen and oxygen atoms in total. The number of halogens is 2. The van der Waals surface area contributed by atoms with Crippen LogP contribution in [0.3, 0.4) is 0 Å². The maximum atomic E-state index is 15.0. The number of nitrogens with zero attached hydrogens (tertiary/aromatic N) is 3. The lowest BCUT2D eigenvalue weighted by molar-refractivity contribution is -0.120. The van der Waals surface area contributed by atoms with Gasteiger partial charge in [-0.1, -0.05) is 23.7 Å². The molecule has 3 rings (SSSR count). The lowest BCUT2D eigenvalue weighted by Crippen LogP contribution is -2.49. The van der Waals surface area contributed by atoms with Gasteiger partial charge in [0.25, 0.3) is 5.91 Å². The van der Waals surface area contributed by atoms with E-state index in [1.807, 2.05) is 0 Å². The number of carbonyl (C=O) groups is 1. The first-order valence-electron chi connectivity index (χ1n) is 8.94. The van der Waals surface area contributed by atoms with Gasteiger partial charge in [-0.3, -0.25) is 14.2 Å². The van der Waals surface area contributed by atoms with Gasteiger partial charge < -0.3 is 9.45 Å². The van der Waals surface area contributed by atoms with Crippen LogP contribution in [0.5, 0.6) is 0 Å². The van der Waals surface area contributed by atoms with Crippen molar-refractivity contribution in [3.05, 3.63) is 58.4 Å². The van der Waals surface area contributed by atoms with E-state index < -0.39 is 54.7 Å². The fourth-order valence-electron chi connectivity index (χ4n) is 3.54. The summed E-state index contributed by atoms with van der Waals surface area (Å²) in [4.78, 5) is 14.9. The van der Waals surface area contributed by atoms with Crippen LogP contribution >= 0.6 is 11.6 Å². The van der Waals surface area contributed by atoms with Gasteiger partial charge in [0.1, 0.15) is 11.6 Å². The Morgan fingerprint density at radius 2 is 1.84 bits per heavy atom. The van der Waals surface area contributed by atoms with Gasteiger partial charge in [0.15, 0.2) is 16.9 Å². The summed E-state index contributed by atoms with van der Waals surface area (Å²) in [6, 6.07) is 9.62. The van der Waals surface area contributed by atoms with E-state index in [-0.39, 0.29) is 17.0 Å². The van der Waals surface area contributed by atoms with E-state index >= 15 is 0 Å². The standard InChI is InChI=1S/C19H17ClFN3O6S2/c1-19(2)17(25)23(14-8-5-12(9-22)15(20)16(14)21)18(32(28,29)30)24(19)13-6-3-11(4-7-13)10-31(26)27/h3-8,18H,10H2,1-2H3,(H,26,27)(H,28,29,30). The number of benzene rings is 2. The first kappa shape index (κ1) is 24.1. The maximum absolute atomic E-state index is 15.0. The third kappa shape index (κ3) is 4.10. The molecule has 32 heavy (non-hydrogen) atoms. The summed E-state index contributed by atoms with van der Waals surface area (Å²) in [6.07, 6.45) is 0. The number of rotatable bonds is 5. The molecule has 1 aliphatic rings. The van der Waals surface area contributed by atoms with Crippen molar-refractivity contribution in [3.8, 4) is 6.07 Å². The Balaban J connectivity index is 2.20. The highest BCUT2D eigenvalue weighted by Crippen LogP contribution is 2.42. The smallest absolute Gasteiger partial charge is 0.306 e. The molecule has 2 unspecified atom stereocenters. The third-order valence-electron chi connectivity index (χ3n) is 5.00. The summed E-state index contributed by atoms with van der Waals surface area (Å²) in [6.45, 7) is 2.79. The van der Waals surface area contributed by atoms with Crippen LogP contribution in [0.4, 0.5) is 15.8 Å². The van der Waals surface area contributed by atoms with Crippen molar-refractivity contribution in [1.29, 1.82) is 5.26 Å². The lowest BCUT2D eigenvalue weighted by Gasteiger charge is -2.34. The monoisotopic (exact) mass is 501 g/mol. The van der Waals surface area contributed by atoms with E-state index in [1.54, 1.807) is 6.07 Å². The van der Waals surface area contributed by atoms with Gasteiger partial charge in [0, 0.05) is 5.69 Å². The Morgan fingerprint density at radius 1 is 1.25 bits per heavy atom. The molecule has 2 N–H and O–H groups in total. The molecule has 1 saturated heterocycles. The van der Waals surface area contributed by atoms with Crippen molar-refractivity contribution in [3.63, 3.8) is 0 Å². The highest BCUT2D eigenvalue weighted by atomic mass is 35.5. The van der Waals surface area contributed by atoms with Crippen LogP contribution < -0.4 is 9.80 Å². The van der Waals surface area contributed by atoms with Crippen LogP contribution in [0.2, 0.25) is 5.02 Å². The molecule has 13 heteroatoms. The first-order chi connectivity index (χ1) is 14.8. The summed E-state index contributed by atoms with van der Waals surface area (Å²) in [5.74, 6) is -2.20. The van der Waals surface area contributed by atoms with Crippen molar-refractivity contribution in [1.82, 2.24) is 0 Å². The minimum atomic E-state index is -5.01. The molecule has 1 amide bonds. The van der Waals surface area contributed by atoms with E-state index in [0.29, 0.717) is 10.5 Å². The van der Waals surface area contributed by atoms with Gasteiger partial charge in [-0.25, -0.2) is 8.60 Å². The summed E-state index contributed by atoms with van der Waals surface area (Å²) in [5.41, 5.74) is -3.68. The van der Waals surface area contributed by atoms with Gasteiger partial charge in [-0.05, 0) is 43.7 Å². The maximum Gasteiger partial charge on any atom is 0.306 e. The molecule has 2 aromatic rings. The molecule has 1 aliphatic heterocycles. The molecule has 0 aliphatic carbocycles. The van der Waals surface area contributed by atoms with Crippen LogP contribution in [0, 0.1) is 17.1 Å². The second-order valence-electron chi connectivity index (χ2n) is 7.45. The quantitative estimate of drug-likeness (QED) is 0.471. The molecule has 1 fully saturated rings. The number of hydrogen-bond donors (Lipinski definition) is 2. The van der Waals surface area contributed by atoms with Gasteiger partial charge in [0.2, 0.25) is 5.50 Å². The Bertz CT molecular complexity index is 1260.